The third kappa shape index (κ3) is 4.99. The first-order valence-electron chi connectivity index (χ1n) is 13.6. The number of hydrogen-bond donors (Lipinski definition) is 1. The number of carbonyl (C=O) groups excluding carboxylic acids is 1. The molecule has 16 heteroatoms. The number of halogens is 1. The van der Waals surface area contributed by atoms with Crippen LogP contribution in [0.15, 0.2) is 30.6 Å². The number of phosphoric acid groups is 1. The molecule has 42 heavy (non-hydrogen) atoms. The van der Waals surface area contributed by atoms with Gasteiger partial charge in [0.1, 0.15) is 6.10 Å². The highest BCUT2D eigenvalue weighted by Crippen LogP contribution is 2.58. The fraction of sp³-hybridized carbons (Fsp3) is 0.538. The van der Waals surface area contributed by atoms with Crippen LogP contribution < -0.4 is 10.5 Å². The number of ether oxygens (including phenoxy) is 4. The lowest BCUT2D eigenvalue weighted by Gasteiger charge is -2.30. The van der Waals surface area contributed by atoms with Gasteiger partial charge in [0.15, 0.2) is 29.1 Å². The minimum Gasteiger partial charge on any atom is -0.476 e. The van der Waals surface area contributed by atoms with Crippen LogP contribution in [0.1, 0.15) is 44.6 Å². The fourth-order valence-corrected chi connectivity index (χ4v) is 7.22. The van der Waals surface area contributed by atoms with Crippen molar-refractivity contribution >= 4 is 42.7 Å². The maximum Gasteiger partial charge on any atom is 0.509 e. The molecule has 3 aromatic rings. The molecule has 3 aliphatic heterocycles. The second-order valence-electron chi connectivity index (χ2n) is 11.1. The average molecular weight is 622 g/mol. The first-order valence-corrected chi connectivity index (χ1v) is 15.5. The number of nitrogens with two attached hydrogens (primary N) is 1. The van der Waals surface area contributed by atoms with Gasteiger partial charge in [-0.05, 0) is 42.9 Å². The van der Waals surface area contributed by atoms with Crippen LogP contribution in [0, 0.1) is 11.8 Å². The number of nitrogen functional groups attached to an aromatic ring is 1. The van der Waals surface area contributed by atoms with E-state index < -0.39 is 44.1 Å². The molecule has 5 heterocycles. The Balaban J connectivity index is 1.11. The molecule has 1 aromatic carbocycles. The fourth-order valence-electron chi connectivity index (χ4n) is 5.63. The predicted molar refractivity (Wildman–Crippen MR) is 146 cm³/mol. The highest BCUT2D eigenvalue weighted by molar-refractivity contribution is 7.48. The minimum absolute atomic E-state index is 0.0127. The van der Waals surface area contributed by atoms with E-state index in [0.29, 0.717) is 41.1 Å². The molecule has 1 saturated carbocycles. The lowest BCUT2D eigenvalue weighted by Crippen LogP contribution is -2.42. The number of fused-ring (bicyclic) bond motifs is 2. The quantitative estimate of drug-likeness (QED) is 0.274. The Kier molecular flexibility index (Phi) is 6.83. The lowest BCUT2D eigenvalue weighted by atomic mass is 9.96. The zero-order chi connectivity index (χ0) is 29.2. The van der Waals surface area contributed by atoms with Gasteiger partial charge >= 0.3 is 14.0 Å². The molecule has 4 aliphatic rings. The molecule has 2 N–H and O–H groups in total. The molecule has 14 nitrogen and oxygen atoms in total. The smallest absolute Gasteiger partial charge is 0.476 e. The van der Waals surface area contributed by atoms with E-state index in [1.54, 1.807) is 29.7 Å². The highest BCUT2D eigenvalue weighted by atomic mass is 35.5. The molecule has 0 bridgehead atoms. The normalized spacial score (nSPS) is 35.5. The molecule has 0 radical (unpaired) electrons. The average Bonchev–Trinajstić information content (AvgIpc) is 3.22. The van der Waals surface area contributed by atoms with Crippen LogP contribution in [0.2, 0.25) is 5.02 Å². The minimum atomic E-state index is -4.00. The van der Waals surface area contributed by atoms with Crippen LogP contribution in [0.4, 0.5) is 10.7 Å². The maximum absolute atomic E-state index is 13.4. The summed E-state index contributed by atoms with van der Waals surface area (Å²) in [5, 5.41) is 0.529. The van der Waals surface area contributed by atoms with Crippen molar-refractivity contribution in [2.45, 2.75) is 56.8 Å². The summed E-state index contributed by atoms with van der Waals surface area (Å²) >= 11 is 6.12. The molecule has 4 fully saturated rings. The Morgan fingerprint density at radius 2 is 2.12 bits per heavy atom. The Labute approximate surface area is 245 Å². The molecule has 2 aromatic heterocycles. The third-order valence-electron chi connectivity index (χ3n) is 8.10. The number of phosphoric ester groups is 1. The maximum atomic E-state index is 13.4. The SMILES string of the molecule is CC1CC1COc1nc(N)nc2c1ncn2[C@@H]1O[C@H](COP2(=O)OCC[C@@H](c3cccc(Cl)c3)O2)[C@H]2OC(=O)O[C@]21C. The Morgan fingerprint density at radius 3 is 2.90 bits per heavy atom. The van der Waals surface area contributed by atoms with Crippen LogP contribution in [0.3, 0.4) is 0 Å². The summed E-state index contributed by atoms with van der Waals surface area (Å²) in [6, 6.07) is 7.09. The number of rotatable bonds is 8. The third-order valence-corrected chi connectivity index (χ3v) is 9.81. The predicted octanol–water partition coefficient (Wildman–Crippen LogP) is 4.59. The van der Waals surface area contributed by atoms with Crippen LogP contribution in [0.25, 0.3) is 11.2 Å². The van der Waals surface area contributed by atoms with E-state index >= 15 is 0 Å². The zero-order valence-electron chi connectivity index (χ0n) is 22.8. The molecule has 1 aliphatic carbocycles. The van der Waals surface area contributed by atoms with Crippen LogP contribution in [-0.4, -0.2) is 63.3 Å². The molecule has 0 spiro atoms. The van der Waals surface area contributed by atoms with Gasteiger partial charge < -0.3 is 24.7 Å². The first-order chi connectivity index (χ1) is 20.1. The summed E-state index contributed by atoms with van der Waals surface area (Å²) in [4.78, 5) is 25.4. The van der Waals surface area contributed by atoms with Crippen molar-refractivity contribution in [2.75, 3.05) is 25.6 Å². The van der Waals surface area contributed by atoms with Gasteiger partial charge in [-0.3, -0.25) is 18.1 Å². The van der Waals surface area contributed by atoms with E-state index in [4.69, 9.17) is 49.9 Å². The van der Waals surface area contributed by atoms with Gasteiger partial charge in [0.2, 0.25) is 11.8 Å². The number of aromatic nitrogens is 4. The first kappa shape index (κ1) is 27.8. The molecule has 7 rings (SSSR count). The summed E-state index contributed by atoms with van der Waals surface area (Å²) in [5.41, 5.74) is 6.16. The summed E-state index contributed by atoms with van der Waals surface area (Å²) in [6.07, 6.45) is -1.15. The standard InChI is InChI=1S/C26H29ClN5O9P/c1-13-8-15(13)10-35-22-19-21(30-24(28)31-22)32(12-29-19)23-26(2)20(39-25(33)40-26)18(38-23)11-37-42(34)36-7-6-17(41-42)14-4-3-5-16(27)9-14/h3-5,9,12-13,15,17-18,20,23H,6-8,10-11H2,1-2H3,(H2,28,30,31)/t13?,15?,17-,18+,20+,23+,26+,42?/m0/s1. The van der Waals surface area contributed by atoms with E-state index in [-0.39, 0.29) is 25.0 Å². The van der Waals surface area contributed by atoms with Crippen molar-refractivity contribution in [1.29, 1.82) is 0 Å². The van der Waals surface area contributed by atoms with E-state index in [2.05, 4.69) is 21.9 Å². The van der Waals surface area contributed by atoms with E-state index in [9.17, 15) is 9.36 Å². The Hall–Kier alpha value is -3.00. The molecule has 0 amide bonds. The molecule has 224 valence electrons. The summed E-state index contributed by atoms with van der Waals surface area (Å²) in [6.45, 7) is 4.18. The summed E-state index contributed by atoms with van der Waals surface area (Å²) < 4.78 is 55.2. The topological polar surface area (TPSA) is 168 Å². The van der Waals surface area contributed by atoms with E-state index in [1.165, 1.54) is 6.33 Å². The van der Waals surface area contributed by atoms with Crippen molar-refractivity contribution in [3.05, 3.63) is 41.2 Å². The van der Waals surface area contributed by atoms with Gasteiger partial charge in [0.25, 0.3) is 0 Å². The van der Waals surface area contributed by atoms with Gasteiger partial charge in [-0.1, -0.05) is 30.7 Å². The summed E-state index contributed by atoms with van der Waals surface area (Å²) in [5.74, 6) is 1.30. The molecule has 3 saturated heterocycles. The van der Waals surface area contributed by atoms with E-state index in [0.717, 1.165) is 12.0 Å². The molecule has 3 unspecified atom stereocenters. The zero-order valence-corrected chi connectivity index (χ0v) is 24.4. The van der Waals surface area contributed by atoms with Crippen LogP contribution in [-0.2, 0) is 32.3 Å². The largest absolute Gasteiger partial charge is 0.509 e. The van der Waals surface area contributed by atoms with Crippen molar-refractivity contribution in [3.8, 4) is 5.88 Å². The highest BCUT2D eigenvalue weighted by Gasteiger charge is 2.64. The van der Waals surface area contributed by atoms with Gasteiger partial charge in [0.05, 0.1) is 32.3 Å². The number of hydrogen-bond acceptors (Lipinski definition) is 13. The van der Waals surface area contributed by atoms with Crippen molar-refractivity contribution in [1.82, 2.24) is 19.5 Å². The van der Waals surface area contributed by atoms with E-state index in [1.807, 2.05) is 6.07 Å². The summed E-state index contributed by atoms with van der Waals surface area (Å²) in [7, 11) is -4.00. The van der Waals surface area contributed by atoms with Gasteiger partial charge in [-0.15, -0.1) is 0 Å². The monoisotopic (exact) mass is 621 g/mol. The number of carbonyl (C=O) groups is 1. The van der Waals surface area contributed by atoms with Crippen molar-refractivity contribution < 1.29 is 41.9 Å². The Bertz CT molecular complexity index is 1590. The lowest BCUT2D eigenvalue weighted by molar-refractivity contribution is -0.0925. The van der Waals surface area contributed by atoms with Crippen molar-refractivity contribution in [3.63, 3.8) is 0 Å². The van der Waals surface area contributed by atoms with Gasteiger partial charge in [-0.25, -0.2) is 14.3 Å². The number of anilines is 1. The van der Waals surface area contributed by atoms with Crippen molar-refractivity contribution in [2.24, 2.45) is 11.8 Å². The number of imidazole rings is 1. The molecular formula is C26H29ClN5O9P. The number of nitrogens with zero attached hydrogens (tertiary/aromatic N) is 4. The molecule has 8 atom stereocenters. The molecular weight excluding hydrogens is 593 g/mol. The number of benzene rings is 1. The van der Waals surface area contributed by atoms with Gasteiger partial charge in [-0.2, -0.15) is 9.97 Å². The van der Waals surface area contributed by atoms with Crippen LogP contribution in [0.5, 0.6) is 5.88 Å². The Morgan fingerprint density at radius 1 is 1.29 bits per heavy atom. The van der Waals surface area contributed by atoms with Crippen LogP contribution >= 0.6 is 19.4 Å². The van der Waals surface area contributed by atoms with Gasteiger partial charge in [0, 0.05) is 11.4 Å². The second kappa shape index (κ2) is 10.3. The second-order valence-corrected chi connectivity index (χ2v) is 13.2.